The van der Waals surface area contributed by atoms with Crippen molar-refractivity contribution in [1.29, 1.82) is 0 Å². The summed E-state index contributed by atoms with van der Waals surface area (Å²) in [6.07, 6.45) is -0.0241. The molecule has 1 rings (SSSR count). The summed E-state index contributed by atoms with van der Waals surface area (Å²) in [5, 5.41) is 4.99. The van der Waals surface area contributed by atoms with Crippen LogP contribution in [0.2, 0.25) is 0 Å². The maximum Gasteiger partial charge on any atom is 0.401 e. The van der Waals surface area contributed by atoms with Crippen LogP contribution in [0.5, 0.6) is 0 Å². The Morgan fingerprint density at radius 2 is 1.89 bits per heavy atom. The molecule has 0 spiro atoms. The summed E-state index contributed by atoms with van der Waals surface area (Å²) < 4.78 is 35.8. The van der Waals surface area contributed by atoms with Crippen LogP contribution in [0.4, 0.5) is 13.2 Å². The van der Waals surface area contributed by atoms with E-state index in [9.17, 15) is 18.0 Å². The first-order valence-electron chi connectivity index (χ1n) is 6.86. The summed E-state index contributed by atoms with van der Waals surface area (Å²) in [5.74, 6) is 0.566. The van der Waals surface area contributed by atoms with E-state index in [0.717, 1.165) is 19.3 Å². The zero-order chi connectivity index (χ0) is 14.5. The van der Waals surface area contributed by atoms with Crippen LogP contribution >= 0.6 is 0 Å². The Kier molecular flexibility index (Phi) is 6.10. The van der Waals surface area contributed by atoms with Gasteiger partial charge in [-0.05, 0) is 24.7 Å². The average Bonchev–Trinajstić information content (AvgIpc) is 2.27. The van der Waals surface area contributed by atoms with Gasteiger partial charge in [0.25, 0.3) is 0 Å². The van der Waals surface area contributed by atoms with Crippen molar-refractivity contribution in [3.63, 3.8) is 0 Å². The minimum atomic E-state index is -4.27. The van der Waals surface area contributed by atoms with E-state index in [-0.39, 0.29) is 18.5 Å². The third kappa shape index (κ3) is 6.27. The van der Waals surface area contributed by atoms with Crippen molar-refractivity contribution in [2.24, 2.45) is 11.8 Å². The molecule has 0 radical (unpaired) electrons. The molecule has 1 fully saturated rings. The Morgan fingerprint density at radius 1 is 1.26 bits per heavy atom. The Hall–Kier alpha value is -0.780. The highest BCUT2D eigenvalue weighted by Gasteiger charge is 2.29. The maximum absolute atomic E-state index is 11.9. The molecule has 0 aromatic heterocycles. The number of alkyl halides is 3. The summed E-state index contributed by atoms with van der Waals surface area (Å²) >= 11 is 0. The first kappa shape index (κ1) is 16.3. The molecule has 1 amide bonds. The van der Waals surface area contributed by atoms with Crippen LogP contribution in [0.25, 0.3) is 0 Å². The normalized spacial score (nSPS) is 24.5. The third-order valence-corrected chi connectivity index (χ3v) is 3.63. The lowest BCUT2D eigenvalue weighted by Gasteiger charge is -2.34. The molecular weight excluding hydrogens is 257 g/mol. The second-order valence-electron chi connectivity index (χ2n) is 5.59. The number of nitrogens with one attached hydrogen (secondary N) is 2. The molecule has 6 heteroatoms. The highest BCUT2D eigenvalue weighted by molar-refractivity contribution is 5.78. The predicted octanol–water partition coefficient (Wildman–Crippen LogP) is 2.47. The number of hydrogen-bond acceptors (Lipinski definition) is 2. The van der Waals surface area contributed by atoms with Crippen molar-refractivity contribution in [3.05, 3.63) is 0 Å². The third-order valence-electron chi connectivity index (χ3n) is 3.63. The monoisotopic (exact) mass is 280 g/mol. The molecule has 0 saturated heterocycles. The molecule has 3 nitrogen and oxygen atoms in total. The molecule has 0 aromatic carbocycles. The van der Waals surface area contributed by atoms with Gasteiger partial charge in [-0.1, -0.05) is 26.7 Å². The van der Waals surface area contributed by atoms with E-state index < -0.39 is 12.7 Å². The quantitative estimate of drug-likeness (QED) is 0.812. The molecule has 0 heterocycles. The first-order chi connectivity index (χ1) is 8.79. The summed E-state index contributed by atoms with van der Waals surface area (Å²) in [5.41, 5.74) is 0. The smallest absolute Gasteiger partial charge is 0.352 e. The number of hydrogen-bond donors (Lipinski definition) is 2. The highest BCUT2D eigenvalue weighted by atomic mass is 19.4. The molecular formula is C13H23F3N2O. The number of halogens is 3. The fraction of sp³-hybridized carbons (Fsp3) is 0.923. The zero-order valence-corrected chi connectivity index (χ0v) is 11.5. The van der Waals surface area contributed by atoms with E-state index in [2.05, 4.69) is 24.5 Å². The number of carbonyl (C=O) groups excluding carboxylic acids is 1. The van der Waals surface area contributed by atoms with E-state index in [0.29, 0.717) is 11.8 Å². The maximum atomic E-state index is 11.9. The number of carbonyl (C=O) groups is 1. The van der Waals surface area contributed by atoms with Gasteiger partial charge in [-0.3, -0.25) is 4.79 Å². The Bertz CT molecular complexity index is 292. The number of rotatable bonds is 5. The first-order valence-corrected chi connectivity index (χ1v) is 6.86. The summed E-state index contributed by atoms with van der Waals surface area (Å²) in [6, 6.07) is 0.105. The lowest BCUT2D eigenvalue weighted by molar-refractivity contribution is -0.129. The Labute approximate surface area is 112 Å². The van der Waals surface area contributed by atoms with Gasteiger partial charge in [0.15, 0.2) is 0 Å². The van der Waals surface area contributed by atoms with Gasteiger partial charge < -0.3 is 10.6 Å². The van der Waals surface area contributed by atoms with Crippen LogP contribution < -0.4 is 10.6 Å². The Morgan fingerprint density at radius 3 is 2.47 bits per heavy atom. The van der Waals surface area contributed by atoms with Crippen molar-refractivity contribution < 1.29 is 18.0 Å². The molecule has 0 aromatic rings. The summed E-state index contributed by atoms with van der Waals surface area (Å²) in [6.45, 7) is 2.84. The van der Waals surface area contributed by atoms with E-state index in [4.69, 9.17) is 0 Å². The van der Waals surface area contributed by atoms with Crippen LogP contribution in [0, 0.1) is 11.8 Å². The largest absolute Gasteiger partial charge is 0.401 e. The van der Waals surface area contributed by atoms with E-state index >= 15 is 0 Å². The summed E-state index contributed by atoms with van der Waals surface area (Å²) in [4.78, 5) is 11.6. The molecule has 0 aliphatic heterocycles. The van der Waals surface area contributed by atoms with Crippen LogP contribution in [-0.4, -0.2) is 31.2 Å². The molecule has 112 valence electrons. The molecule has 2 atom stereocenters. The van der Waals surface area contributed by atoms with E-state index in [1.807, 2.05) is 0 Å². The molecule has 1 aliphatic carbocycles. The standard InChI is InChI=1S/C13H23F3N2O/c1-9(2)10-5-3-4-6-11(10)18-12(19)7-17-8-13(14,15)16/h9-11,17H,3-8H2,1-2H3,(H,18,19). The van der Waals surface area contributed by atoms with Gasteiger partial charge in [-0.2, -0.15) is 13.2 Å². The predicted molar refractivity (Wildman–Crippen MR) is 67.7 cm³/mol. The molecule has 0 bridgehead atoms. The minimum Gasteiger partial charge on any atom is -0.352 e. The number of amides is 1. The van der Waals surface area contributed by atoms with Crippen LogP contribution in [0.15, 0.2) is 0 Å². The minimum absolute atomic E-state index is 0.105. The average molecular weight is 280 g/mol. The molecule has 1 saturated carbocycles. The fourth-order valence-electron chi connectivity index (χ4n) is 2.71. The Balaban J connectivity index is 2.33. The van der Waals surface area contributed by atoms with Crippen molar-refractivity contribution in [3.8, 4) is 0 Å². The van der Waals surface area contributed by atoms with Crippen molar-refractivity contribution in [2.45, 2.75) is 51.7 Å². The summed E-state index contributed by atoms with van der Waals surface area (Å²) in [7, 11) is 0. The van der Waals surface area contributed by atoms with E-state index in [1.54, 1.807) is 0 Å². The second-order valence-corrected chi connectivity index (χ2v) is 5.59. The lowest BCUT2D eigenvalue weighted by Crippen LogP contribution is -2.47. The van der Waals surface area contributed by atoms with Crippen molar-refractivity contribution in [1.82, 2.24) is 10.6 Å². The van der Waals surface area contributed by atoms with Gasteiger partial charge >= 0.3 is 6.18 Å². The van der Waals surface area contributed by atoms with Gasteiger partial charge in [0.05, 0.1) is 13.1 Å². The fourth-order valence-corrected chi connectivity index (χ4v) is 2.71. The molecule has 1 aliphatic rings. The SMILES string of the molecule is CC(C)C1CCCCC1NC(=O)CNCC(F)(F)F. The molecule has 2 unspecified atom stereocenters. The van der Waals surface area contributed by atoms with Gasteiger partial charge in [-0.15, -0.1) is 0 Å². The lowest BCUT2D eigenvalue weighted by atomic mass is 9.78. The topological polar surface area (TPSA) is 41.1 Å². The van der Waals surface area contributed by atoms with Gasteiger partial charge in [-0.25, -0.2) is 0 Å². The van der Waals surface area contributed by atoms with Crippen LogP contribution in [0.3, 0.4) is 0 Å². The zero-order valence-electron chi connectivity index (χ0n) is 11.5. The molecule has 2 N–H and O–H groups in total. The van der Waals surface area contributed by atoms with Crippen LogP contribution in [0.1, 0.15) is 39.5 Å². The highest BCUT2D eigenvalue weighted by Crippen LogP contribution is 2.30. The molecule has 19 heavy (non-hydrogen) atoms. The van der Waals surface area contributed by atoms with Crippen LogP contribution in [-0.2, 0) is 4.79 Å². The van der Waals surface area contributed by atoms with Crippen molar-refractivity contribution >= 4 is 5.91 Å². The van der Waals surface area contributed by atoms with Crippen molar-refractivity contribution in [2.75, 3.05) is 13.1 Å². The van der Waals surface area contributed by atoms with Gasteiger partial charge in [0.1, 0.15) is 0 Å². The van der Waals surface area contributed by atoms with E-state index in [1.165, 1.54) is 6.42 Å². The second kappa shape index (κ2) is 7.12. The van der Waals surface area contributed by atoms with Gasteiger partial charge in [0.2, 0.25) is 5.91 Å². The van der Waals surface area contributed by atoms with Gasteiger partial charge in [0, 0.05) is 6.04 Å².